The van der Waals surface area contributed by atoms with Crippen LogP contribution in [0.5, 0.6) is 0 Å². The van der Waals surface area contributed by atoms with Crippen LogP contribution < -0.4 is 0 Å². The van der Waals surface area contributed by atoms with Crippen LogP contribution in [0.1, 0.15) is 90.9 Å². The molecule has 1 saturated heterocycles. The molecule has 2 atom stereocenters. The monoisotopic (exact) mass is 298 g/mol. The summed E-state index contributed by atoms with van der Waals surface area (Å²) in [7, 11) is 0. The van der Waals surface area contributed by atoms with E-state index in [4.69, 9.17) is 9.47 Å². The zero-order chi connectivity index (χ0) is 15.3. The van der Waals surface area contributed by atoms with Crippen LogP contribution in [0, 0.1) is 0 Å². The van der Waals surface area contributed by atoms with Gasteiger partial charge in [-0.1, -0.05) is 58.3 Å². The van der Waals surface area contributed by atoms with E-state index in [1.165, 1.54) is 51.4 Å². The molecule has 0 aromatic heterocycles. The van der Waals surface area contributed by atoms with E-state index in [1.54, 1.807) is 0 Å². The molecule has 3 heteroatoms. The number of hydrogen-bond acceptors (Lipinski definition) is 3. The maximum absolute atomic E-state index is 11.4. The predicted molar refractivity (Wildman–Crippen MR) is 86.4 cm³/mol. The van der Waals surface area contributed by atoms with Crippen LogP contribution in [0.4, 0.5) is 0 Å². The number of carbonyl (C=O) groups excluding carboxylic acids is 1. The molecule has 0 amide bonds. The van der Waals surface area contributed by atoms with E-state index in [9.17, 15) is 4.79 Å². The van der Waals surface area contributed by atoms with Crippen LogP contribution in [-0.4, -0.2) is 24.8 Å². The molecule has 1 heterocycles. The second kappa shape index (κ2) is 12.0. The number of unbranched alkanes of at least 4 members (excludes halogenated alkanes) is 7. The van der Waals surface area contributed by atoms with Crippen molar-refractivity contribution in [3.8, 4) is 0 Å². The molecule has 0 aliphatic carbocycles. The fourth-order valence-corrected chi connectivity index (χ4v) is 3.05. The van der Waals surface area contributed by atoms with Gasteiger partial charge in [-0.15, -0.1) is 0 Å². The number of ether oxygens (including phenoxy) is 2. The standard InChI is InChI=1S/C18H34O3/c1-3-5-6-7-8-9-10-11-12-16-13-14-17(21-16)15-18(19)20-4-2/h16-17H,3-15H2,1-2H3/t16-,17-/m1/s1. The number of esters is 1. The van der Waals surface area contributed by atoms with E-state index in [0.29, 0.717) is 19.1 Å². The Morgan fingerprint density at radius 2 is 1.57 bits per heavy atom. The van der Waals surface area contributed by atoms with E-state index in [1.807, 2.05) is 6.92 Å². The molecule has 0 aromatic carbocycles. The SMILES string of the molecule is CCCCCCCCCC[C@@H]1CC[C@H](CC(=O)OCC)O1. The quantitative estimate of drug-likeness (QED) is 0.375. The maximum atomic E-state index is 11.4. The van der Waals surface area contributed by atoms with Crippen molar-refractivity contribution in [2.45, 2.75) is 103 Å². The van der Waals surface area contributed by atoms with E-state index in [-0.39, 0.29) is 12.1 Å². The Balaban J connectivity index is 1.94. The van der Waals surface area contributed by atoms with Crippen molar-refractivity contribution in [2.24, 2.45) is 0 Å². The first-order chi connectivity index (χ1) is 10.3. The normalized spacial score (nSPS) is 21.6. The fraction of sp³-hybridized carbons (Fsp3) is 0.944. The van der Waals surface area contributed by atoms with Crippen molar-refractivity contribution >= 4 is 5.97 Å². The molecule has 21 heavy (non-hydrogen) atoms. The summed E-state index contributed by atoms with van der Waals surface area (Å²) in [6.07, 6.45) is 15.1. The van der Waals surface area contributed by atoms with Gasteiger partial charge in [0.15, 0.2) is 0 Å². The Morgan fingerprint density at radius 1 is 0.952 bits per heavy atom. The molecule has 124 valence electrons. The number of carbonyl (C=O) groups is 1. The topological polar surface area (TPSA) is 35.5 Å². The minimum absolute atomic E-state index is 0.100. The summed E-state index contributed by atoms with van der Waals surface area (Å²) in [5.74, 6) is -0.116. The van der Waals surface area contributed by atoms with Gasteiger partial charge in [0, 0.05) is 0 Å². The Morgan fingerprint density at radius 3 is 2.24 bits per heavy atom. The highest BCUT2D eigenvalue weighted by Gasteiger charge is 2.26. The van der Waals surface area contributed by atoms with E-state index in [2.05, 4.69) is 6.92 Å². The minimum Gasteiger partial charge on any atom is -0.466 e. The molecule has 0 saturated carbocycles. The van der Waals surface area contributed by atoms with Gasteiger partial charge in [0.05, 0.1) is 25.2 Å². The lowest BCUT2D eigenvalue weighted by atomic mass is 10.0. The second-order valence-corrected chi connectivity index (χ2v) is 6.23. The summed E-state index contributed by atoms with van der Waals surface area (Å²) in [5.41, 5.74) is 0. The second-order valence-electron chi connectivity index (χ2n) is 6.23. The third-order valence-corrected chi connectivity index (χ3v) is 4.27. The van der Waals surface area contributed by atoms with Crippen LogP contribution in [0.15, 0.2) is 0 Å². The van der Waals surface area contributed by atoms with Gasteiger partial charge in [-0.2, -0.15) is 0 Å². The lowest BCUT2D eigenvalue weighted by molar-refractivity contribution is -0.146. The zero-order valence-corrected chi connectivity index (χ0v) is 14.1. The van der Waals surface area contributed by atoms with Gasteiger partial charge in [0.25, 0.3) is 0 Å². The Bertz CT molecular complexity index is 265. The van der Waals surface area contributed by atoms with Crippen LogP contribution in [-0.2, 0) is 14.3 Å². The van der Waals surface area contributed by atoms with Gasteiger partial charge in [-0.25, -0.2) is 0 Å². The molecule has 0 spiro atoms. The summed E-state index contributed by atoms with van der Waals surface area (Å²) in [6, 6.07) is 0. The Kier molecular flexibility index (Phi) is 10.6. The Hall–Kier alpha value is -0.570. The number of hydrogen-bond donors (Lipinski definition) is 0. The van der Waals surface area contributed by atoms with Crippen molar-refractivity contribution < 1.29 is 14.3 Å². The van der Waals surface area contributed by atoms with Crippen molar-refractivity contribution in [3.63, 3.8) is 0 Å². The molecule has 3 nitrogen and oxygen atoms in total. The van der Waals surface area contributed by atoms with Crippen LogP contribution in [0.2, 0.25) is 0 Å². The van der Waals surface area contributed by atoms with Gasteiger partial charge < -0.3 is 9.47 Å². The summed E-state index contributed by atoms with van der Waals surface area (Å²) in [6.45, 7) is 4.57. The molecule has 1 aliphatic heterocycles. The third kappa shape index (κ3) is 9.13. The molecular formula is C18H34O3. The predicted octanol–water partition coefficient (Wildman–Crippen LogP) is 5.02. The largest absolute Gasteiger partial charge is 0.466 e. The van der Waals surface area contributed by atoms with Crippen molar-refractivity contribution in [3.05, 3.63) is 0 Å². The van der Waals surface area contributed by atoms with Crippen molar-refractivity contribution in [2.75, 3.05) is 6.61 Å². The zero-order valence-electron chi connectivity index (χ0n) is 14.1. The van der Waals surface area contributed by atoms with Gasteiger partial charge in [0.1, 0.15) is 0 Å². The summed E-state index contributed by atoms with van der Waals surface area (Å²) in [5, 5.41) is 0. The molecule has 0 aromatic rings. The third-order valence-electron chi connectivity index (χ3n) is 4.27. The highest BCUT2D eigenvalue weighted by molar-refractivity contribution is 5.69. The van der Waals surface area contributed by atoms with Crippen molar-refractivity contribution in [1.29, 1.82) is 0 Å². The molecular weight excluding hydrogens is 264 g/mol. The van der Waals surface area contributed by atoms with Gasteiger partial charge >= 0.3 is 5.97 Å². The molecule has 1 rings (SSSR count). The molecule has 0 radical (unpaired) electrons. The average Bonchev–Trinajstić information content (AvgIpc) is 2.89. The van der Waals surface area contributed by atoms with Crippen LogP contribution >= 0.6 is 0 Å². The van der Waals surface area contributed by atoms with Gasteiger partial charge in [-0.3, -0.25) is 4.79 Å². The van der Waals surface area contributed by atoms with E-state index in [0.717, 1.165) is 19.3 Å². The molecule has 1 fully saturated rings. The van der Waals surface area contributed by atoms with E-state index < -0.39 is 0 Å². The van der Waals surface area contributed by atoms with Gasteiger partial charge in [-0.05, 0) is 26.2 Å². The molecule has 0 unspecified atom stereocenters. The fourth-order valence-electron chi connectivity index (χ4n) is 3.05. The lowest BCUT2D eigenvalue weighted by Gasteiger charge is -2.13. The molecule has 1 aliphatic rings. The highest BCUT2D eigenvalue weighted by Crippen LogP contribution is 2.26. The number of rotatable bonds is 12. The summed E-state index contributed by atoms with van der Waals surface area (Å²) >= 11 is 0. The Labute approximate surface area is 130 Å². The van der Waals surface area contributed by atoms with Gasteiger partial charge in [0.2, 0.25) is 0 Å². The minimum atomic E-state index is -0.116. The van der Waals surface area contributed by atoms with E-state index >= 15 is 0 Å². The first kappa shape index (κ1) is 18.5. The first-order valence-electron chi connectivity index (χ1n) is 9.07. The van der Waals surface area contributed by atoms with Crippen LogP contribution in [0.3, 0.4) is 0 Å². The average molecular weight is 298 g/mol. The molecule has 0 bridgehead atoms. The maximum Gasteiger partial charge on any atom is 0.308 e. The smallest absolute Gasteiger partial charge is 0.308 e. The van der Waals surface area contributed by atoms with Crippen molar-refractivity contribution in [1.82, 2.24) is 0 Å². The summed E-state index contributed by atoms with van der Waals surface area (Å²) < 4.78 is 10.9. The highest BCUT2D eigenvalue weighted by atomic mass is 16.5. The summed E-state index contributed by atoms with van der Waals surface area (Å²) in [4.78, 5) is 11.4. The lowest BCUT2D eigenvalue weighted by Crippen LogP contribution is -2.17. The first-order valence-corrected chi connectivity index (χ1v) is 9.07. The molecule has 0 N–H and O–H groups in total. The van der Waals surface area contributed by atoms with Crippen LogP contribution in [0.25, 0.3) is 0 Å².